The highest BCUT2D eigenvalue weighted by molar-refractivity contribution is 5.96. The van der Waals surface area contributed by atoms with E-state index in [-0.39, 0.29) is 68.8 Å². The van der Waals surface area contributed by atoms with E-state index >= 15 is 4.79 Å². The SMILES string of the molecule is CC1(C)[C@@H](O)CC[C@]2(C)[C@H]3C(=O)C=C4[C@@H]5C[C@@](C)(C(=O)NCc6cn(C[C@H]7O[C@@H]8O[C@H]9[C@H](O)[C@@H](O)[C@@H](O[C@H]%10[C@H](O)[C@@H](O)[C@@H](O[C@H]%11[C@H](O)[C@@H](O)[C@@H](O[C@H]%12[C@H](O)[C@@H](O)[C@@H](O[C@H]%13[C@H](O)[C@@H](O)[C@@H](O[C@H]%14[C@H](O)[C@@H](O)[C@@H](O[C@H]7[C@H](O)[C@H]8O)O[C@@H]%14CO)O[C@@H]%13CO)O[C@@H]%12CO)O[C@@H]%11CO)O[C@@H]%10CO)O[C@@H]9CO)nn6)CC[C@]5(C)CC[C@@]4(C)[C@]3(C)CC[C@@H]12. The van der Waals surface area contributed by atoms with Gasteiger partial charge in [-0.25, -0.2) is 4.68 Å². The fourth-order valence-corrected chi connectivity index (χ4v) is 21.9. The molecule has 25 fully saturated rings. The monoisotopic (exact) mass is 1670 g/mol. The first-order valence-corrected chi connectivity index (χ1v) is 40.2. The lowest BCUT2D eigenvalue weighted by Gasteiger charge is -2.70. The highest BCUT2D eigenvalue weighted by Crippen LogP contribution is 2.75. The van der Waals surface area contributed by atoms with Gasteiger partial charge in [0.15, 0.2) is 49.8 Å². The standard InChI is InChI=1S/C75H118N4O37/c1-70(2)38-8-11-75(7)61(73(38,5)10-9-39(70)87)30(86)16-28-29-17-72(4,13-12-71(29,3)14-15-74(28,75)6)69(102)76-18-27-19-79(78-77-27)20-31-54-40(88)47(95)62(103-31)111-55-32(21-80)105-64(49(97)42(55)90)113-57-34(23-82)107-66(51(99)44(57)92)115-59-36(25-84)109-68(53(101)46(59)94)116-60-37(26-85)108-67(52(100)45(60)93)114-58-35(24-83)106-65(50(98)43(58)91)112-56-33(22-81)104-63(110-54)48(96)41(56)89/h16,19,29,31-68,80-85,87-101H,8-15,17-18,20-26H2,1-7H3,(H,76,102)/t29-,31+,32+,33+,34+,35+,36+,37+,38-,39-,40+,41+,42+,43+,44+,45+,46+,47+,48+,49+,50+,51+,52+,53+,54+,55+,56+,57+,58+,59+,60+,61+,62+,63+,64+,65+,66+,67+,68+,71+,72-,73-,74+,75+/m0/s1. The number of carbonyl (C=O) groups is 2. The summed E-state index contributed by atoms with van der Waals surface area (Å²) in [5, 5.41) is 251. The zero-order valence-electron chi connectivity index (χ0n) is 65.5. The summed E-state index contributed by atoms with van der Waals surface area (Å²) in [6.07, 6.45) is -62.4. The van der Waals surface area contributed by atoms with Crippen LogP contribution < -0.4 is 5.32 Å². The minimum absolute atomic E-state index is 0.104. The Labute approximate surface area is 666 Å². The maximum absolute atomic E-state index is 15.1. The first-order chi connectivity index (χ1) is 54.8. The van der Waals surface area contributed by atoms with Crippen molar-refractivity contribution in [2.24, 2.45) is 50.2 Å². The van der Waals surface area contributed by atoms with Crippen molar-refractivity contribution in [3.63, 3.8) is 0 Å². The van der Waals surface area contributed by atoms with Gasteiger partial charge in [0.05, 0.1) is 65.0 Å². The average molecular weight is 1670 g/mol. The minimum atomic E-state index is -2.28. The molecule has 4 saturated carbocycles. The van der Waals surface area contributed by atoms with Crippen LogP contribution in [0.5, 0.6) is 0 Å². The van der Waals surface area contributed by atoms with Crippen LogP contribution in [0.2, 0.25) is 0 Å². The van der Waals surface area contributed by atoms with Crippen LogP contribution in [0.1, 0.15) is 112 Å². The Bertz CT molecular complexity index is 3580. The molecular weight excluding hydrogens is 1550 g/mol. The number of rotatable bonds is 11. The number of hydrogen-bond acceptors (Lipinski definition) is 39. The summed E-state index contributed by atoms with van der Waals surface area (Å²) in [5.41, 5.74) is -1.24. The fourth-order valence-electron chi connectivity index (χ4n) is 21.9. The molecule has 22 heterocycles. The van der Waals surface area contributed by atoms with Crippen molar-refractivity contribution >= 4 is 11.7 Å². The van der Waals surface area contributed by atoms with Crippen LogP contribution in [0.4, 0.5) is 0 Å². The van der Waals surface area contributed by atoms with Gasteiger partial charge in [-0.2, -0.15) is 0 Å². The van der Waals surface area contributed by atoms with Crippen molar-refractivity contribution in [3.8, 4) is 0 Å². The molecule has 22 N–H and O–H groups in total. The van der Waals surface area contributed by atoms with Crippen LogP contribution in [-0.2, 0) is 89.0 Å². The molecule has 1 aromatic rings. The van der Waals surface area contributed by atoms with Crippen molar-refractivity contribution in [3.05, 3.63) is 23.5 Å². The van der Waals surface area contributed by atoms with Gasteiger partial charge in [-0.1, -0.05) is 59.3 Å². The lowest BCUT2D eigenvalue weighted by Crippen LogP contribution is -2.68. The van der Waals surface area contributed by atoms with Gasteiger partial charge >= 0.3 is 0 Å². The molecule has 21 aliphatic heterocycles. The van der Waals surface area contributed by atoms with Gasteiger partial charge < -0.3 is 179 Å². The van der Waals surface area contributed by atoms with Crippen molar-refractivity contribution in [2.45, 2.75) is 340 Å². The third-order valence-corrected chi connectivity index (χ3v) is 29.1. The van der Waals surface area contributed by atoms with E-state index in [2.05, 4.69) is 57.2 Å². The molecule has 5 aliphatic carbocycles. The Morgan fingerprint density at radius 3 is 1.12 bits per heavy atom. The Morgan fingerprint density at radius 1 is 0.431 bits per heavy atom. The Morgan fingerprint density at radius 2 is 0.767 bits per heavy atom. The van der Waals surface area contributed by atoms with Crippen LogP contribution in [0.25, 0.3) is 0 Å². The quantitative estimate of drug-likeness (QED) is 0.0978. The molecule has 14 bridgehead atoms. The zero-order valence-corrected chi connectivity index (χ0v) is 65.5. The number of nitrogens with zero attached hydrogens (tertiary/aromatic N) is 3. The van der Waals surface area contributed by atoms with Crippen LogP contribution in [0, 0.1) is 50.2 Å². The summed E-state index contributed by atoms with van der Waals surface area (Å²) in [6, 6.07) is 0. The van der Waals surface area contributed by atoms with Gasteiger partial charge in [0.1, 0.15) is 177 Å². The molecule has 0 aromatic carbocycles. The van der Waals surface area contributed by atoms with E-state index in [9.17, 15) is 112 Å². The van der Waals surface area contributed by atoms with Crippen molar-refractivity contribution < 1.29 is 183 Å². The number of aliphatic hydroxyl groups is 21. The van der Waals surface area contributed by atoms with Crippen molar-refractivity contribution in [2.75, 3.05) is 39.6 Å². The summed E-state index contributed by atoms with van der Waals surface area (Å²) in [7, 11) is 0. The largest absolute Gasteiger partial charge is 0.394 e. The number of aromatic nitrogens is 3. The molecule has 44 atom stereocenters. The molecule has 27 rings (SSSR count). The number of ether oxygens (including phenoxy) is 14. The van der Waals surface area contributed by atoms with Crippen molar-refractivity contribution in [1.82, 2.24) is 20.3 Å². The molecule has 1 amide bonds. The molecule has 0 spiro atoms. The predicted octanol–water partition coefficient (Wildman–Crippen LogP) is -8.97. The molecule has 21 saturated heterocycles. The van der Waals surface area contributed by atoms with Gasteiger partial charge in [-0.3, -0.25) is 9.59 Å². The lowest BCUT2D eigenvalue weighted by molar-refractivity contribution is -0.396. The lowest BCUT2D eigenvalue weighted by atomic mass is 9.33. The summed E-state index contributed by atoms with van der Waals surface area (Å²) in [4.78, 5) is 29.9. The van der Waals surface area contributed by atoms with Crippen LogP contribution in [-0.4, -0.2) is 395 Å². The molecule has 26 aliphatic rings. The molecule has 116 heavy (non-hydrogen) atoms. The highest BCUT2D eigenvalue weighted by Gasteiger charge is 2.71. The van der Waals surface area contributed by atoms with E-state index in [1.807, 2.05) is 13.0 Å². The maximum atomic E-state index is 15.1. The van der Waals surface area contributed by atoms with Crippen LogP contribution in [0.3, 0.4) is 0 Å². The molecule has 41 nitrogen and oxygen atoms in total. The highest BCUT2D eigenvalue weighted by atomic mass is 16.8. The molecular formula is C75H118N4O37. The molecule has 0 radical (unpaired) electrons. The van der Waals surface area contributed by atoms with E-state index in [0.717, 1.165) is 37.7 Å². The summed E-state index contributed by atoms with van der Waals surface area (Å²) in [6.45, 7) is 8.19. The number of nitrogens with one attached hydrogen (secondary N) is 1. The smallest absolute Gasteiger partial charge is 0.226 e. The second-order valence-corrected chi connectivity index (χ2v) is 36.2. The van der Waals surface area contributed by atoms with E-state index in [0.29, 0.717) is 25.7 Å². The van der Waals surface area contributed by atoms with Gasteiger partial charge in [-0.05, 0) is 103 Å². The number of hydrogen-bond donors (Lipinski definition) is 22. The normalized spacial score (nSPS) is 53.3. The minimum Gasteiger partial charge on any atom is -0.394 e. The van der Waals surface area contributed by atoms with E-state index in [4.69, 9.17) is 66.3 Å². The van der Waals surface area contributed by atoms with Gasteiger partial charge in [-0.15, -0.1) is 5.10 Å². The summed E-state index contributed by atoms with van der Waals surface area (Å²) >= 11 is 0. The number of amides is 1. The number of ketones is 1. The summed E-state index contributed by atoms with van der Waals surface area (Å²) in [5.74, 6) is -0.352. The first-order valence-electron chi connectivity index (χ1n) is 40.2. The second-order valence-electron chi connectivity index (χ2n) is 36.2. The predicted molar refractivity (Wildman–Crippen MR) is 379 cm³/mol. The number of aliphatic hydroxyl groups excluding tert-OH is 21. The third-order valence-electron chi connectivity index (χ3n) is 29.1. The third kappa shape index (κ3) is 15.3. The van der Waals surface area contributed by atoms with Crippen molar-refractivity contribution in [1.29, 1.82) is 0 Å². The topological polar surface area (TPSA) is 631 Å². The first kappa shape index (κ1) is 88.9. The maximum Gasteiger partial charge on any atom is 0.226 e. The van der Waals surface area contributed by atoms with Crippen LogP contribution >= 0.6 is 0 Å². The van der Waals surface area contributed by atoms with E-state index in [1.165, 1.54) is 10.9 Å². The molecule has 660 valence electrons. The number of fused-ring (bicyclic) bond motifs is 7. The Hall–Kier alpha value is -3.38. The van der Waals surface area contributed by atoms with Gasteiger partial charge in [0.2, 0.25) is 5.91 Å². The fraction of sp³-hybridized carbons (Fsp3) is 0.920. The van der Waals surface area contributed by atoms with E-state index < -0.39 is 273 Å². The van der Waals surface area contributed by atoms with Gasteiger partial charge in [0, 0.05) is 11.3 Å². The Kier molecular flexibility index (Phi) is 26.0. The average Bonchev–Trinajstić information content (AvgIpc) is 0.683. The molecule has 41 heteroatoms. The second kappa shape index (κ2) is 33.9. The Balaban J connectivity index is 0.720. The number of carbonyl (C=O) groups excluding carboxylic acids is 2. The number of allylic oxidation sites excluding steroid dienone is 2. The zero-order chi connectivity index (χ0) is 83.9. The molecule has 1 aromatic heterocycles. The summed E-state index contributed by atoms with van der Waals surface area (Å²) < 4.78 is 84.0. The van der Waals surface area contributed by atoms with Crippen LogP contribution in [0.15, 0.2) is 17.8 Å². The molecule has 0 unspecified atom stereocenters. The van der Waals surface area contributed by atoms with Gasteiger partial charge in [0.25, 0.3) is 0 Å². The van der Waals surface area contributed by atoms with E-state index in [1.54, 1.807) is 0 Å².